The summed E-state index contributed by atoms with van der Waals surface area (Å²) in [6.07, 6.45) is 1.78. The van der Waals surface area contributed by atoms with Crippen LogP contribution >= 0.6 is 23.5 Å². The molecule has 0 atom stereocenters. The number of amides is 1. The van der Waals surface area contributed by atoms with Crippen molar-refractivity contribution in [2.24, 2.45) is 4.99 Å². The number of hydrogen-bond donors (Lipinski definition) is 0. The van der Waals surface area contributed by atoms with Crippen LogP contribution in [0.15, 0.2) is 80.6 Å². The molecule has 7 heteroatoms. The van der Waals surface area contributed by atoms with Gasteiger partial charge in [0.2, 0.25) is 0 Å². The SMILES string of the molecule is CN1C(=O)/C(=C2/Sc3ccccc3N2C)SC1=Nc1ccc2ncccc2c1. The summed E-state index contributed by atoms with van der Waals surface area (Å²) in [5.74, 6) is -0.0200. The highest BCUT2D eigenvalue weighted by molar-refractivity contribution is 8.19. The van der Waals surface area contributed by atoms with Gasteiger partial charge in [-0.25, -0.2) is 4.99 Å². The summed E-state index contributed by atoms with van der Waals surface area (Å²) < 4.78 is 0. The Kier molecular flexibility index (Phi) is 4.14. The molecule has 1 aromatic heterocycles. The molecule has 5 rings (SSSR count). The second-order valence-corrected chi connectivity index (χ2v) is 8.51. The maximum atomic E-state index is 12.9. The number of benzene rings is 2. The minimum Gasteiger partial charge on any atom is -0.337 e. The molecule has 1 fully saturated rings. The fourth-order valence-corrected chi connectivity index (χ4v) is 5.55. The van der Waals surface area contributed by atoms with Gasteiger partial charge in [0.25, 0.3) is 5.91 Å². The first-order valence-electron chi connectivity index (χ1n) is 8.76. The highest BCUT2D eigenvalue weighted by atomic mass is 32.2. The third kappa shape index (κ3) is 2.78. The van der Waals surface area contributed by atoms with Crippen LogP contribution in [0.25, 0.3) is 10.9 Å². The van der Waals surface area contributed by atoms with E-state index in [-0.39, 0.29) is 5.91 Å². The van der Waals surface area contributed by atoms with E-state index in [1.807, 2.05) is 49.5 Å². The molecule has 3 aromatic rings. The Hall–Kier alpha value is -2.77. The summed E-state index contributed by atoms with van der Waals surface area (Å²) >= 11 is 3.06. The van der Waals surface area contributed by atoms with Crippen molar-refractivity contribution < 1.29 is 4.79 Å². The Morgan fingerprint density at radius 2 is 1.82 bits per heavy atom. The number of aliphatic imine (C=N–C) groups is 1. The minimum atomic E-state index is -0.0200. The molecule has 1 amide bonds. The molecular formula is C21H16N4OS2. The van der Waals surface area contributed by atoms with E-state index in [4.69, 9.17) is 4.99 Å². The van der Waals surface area contributed by atoms with Gasteiger partial charge < -0.3 is 4.90 Å². The Balaban J connectivity index is 1.51. The van der Waals surface area contributed by atoms with Gasteiger partial charge in [0.05, 0.1) is 21.9 Å². The maximum absolute atomic E-state index is 12.9. The fraction of sp³-hybridized carbons (Fsp3) is 0.0952. The van der Waals surface area contributed by atoms with Crippen LogP contribution in [0.5, 0.6) is 0 Å². The third-order valence-corrected chi connectivity index (χ3v) is 7.21. The molecule has 0 aliphatic carbocycles. The number of amidine groups is 1. The van der Waals surface area contributed by atoms with Crippen LogP contribution in [0.2, 0.25) is 0 Å². The van der Waals surface area contributed by atoms with Crippen molar-refractivity contribution in [3.8, 4) is 0 Å². The van der Waals surface area contributed by atoms with E-state index in [2.05, 4.69) is 22.0 Å². The second-order valence-electron chi connectivity index (χ2n) is 6.50. The van der Waals surface area contributed by atoms with E-state index in [0.717, 1.165) is 32.2 Å². The average molecular weight is 405 g/mol. The molecule has 0 saturated carbocycles. The zero-order valence-corrected chi connectivity index (χ0v) is 16.9. The molecule has 5 nitrogen and oxygen atoms in total. The molecule has 138 valence electrons. The van der Waals surface area contributed by atoms with Gasteiger partial charge in [-0.3, -0.25) is 14.7 Å². The second kappa shape index (κ2) is 6.68. The summed E-state index contributed by atoms with van der Waals surface area (Å²) in [6, 6.07) is 18.0. The fourth-order valence-electron chi connectivity index (χ4n) is 3.22. The molecule has 2 aliphatic rings. The summed E-state index contributed by atoms with van der Waals surface area (Å²) in [5.41, 5.74) is 2.86. The summed E-state index contributed by atoms with van der Waals surface area (Å²) in [5, 5.41) is 2.66. The van der Waals surface area contributed by atoms with Gasteiger partial charge in [0.1, 0.15) is 4.91 Å². The standard InChI is InChI=1S/C21H16N4OS2/c1-24-16-7-3-4-8-17(16)27-20(24)18-19(26)25(2)21(28-18)23-14-9-10-15-13(12-14)6-5-11-22-15/h3-12H,1-2H3/b20-18-,23-21?. The van der Waals surface area contributed by atoms with E-state index in [0.29, 0.717) is 10.1 Å². The number of rotatable bonds is 1. The molecule has 0 bridgehead atoms. The Morgan fingerprint density at radius 1 is 0.964 bits per heavy atom. The molecule has 1 saturated heterocycles. The largest absolute Gasteiger partial charge is 0.337 e. The third-order valence-electron chi connectivity index (χ3n) is 4.72. The van der Waals surface area contributed by atoms with Crippen LogP contribution in [0.3, 0.4) is 0 Å². The van der Waals surface area contributed by atoms with Gasteiger partial charge in [-0.1, -0.05) is 30.0 Å². The van der Waals surface area contributed by atoms with Crippen molar-refractivity contribution >= 4 is 56.9 Å². The maximum Gasteiger partial charge on any atom is 0.269 e. The van der Waals surface area contributed by atoms with Crippen molar-refractivity contribution in [3.05, 3.63) is 70.7 Å². The molecule has 28 heavy (non-hydrogen) atoms. The van der Waals surface area contributed by atoms with Gasteiger partial charge in [0, 0.05) is 30.6 Å². The van der Waals surface area contributed by atoms with Crippen molar-refractivity contribution in [1.29, 1.82) is 0 Å². The number of thioether (sulfide) groups is 2. The normalized spacial score (nSPS) is 20.5. The molecule has 0 spiro atoms. The number of aromatic nitrogens is 1. The number of nitrogens with zero attached hydrogens (tertiary/aromatic N) is 4. The van der Waals surface area contributed by atoms with Crippen LogP contribution < -0.4 is 4.90 Å². The lowest BCUT2D eigenvalue weighted by molar-refractivity contribution is -0.121. The first-order valence-corrected chi connectivity index (χ1v) is 10.4. The van der Waals surface area contributed by atoms with E-state index < -0.39 is 0 Å². The summed E-state index contributed by atoms with van der Waals surface area (Å²) in [6.45, 7) is 0. The van der Waals surface area contributed by atoms with E-state index in [1.165, 1.54) is 11.8 Å². The van der Waals surface area contributed by atoms with Gasteiger partial charge in [-0.2, -0.15) is 0 Å². The first kappa shape index (κ1) is 17.3. The van der Waals surface area contributed by atoms with Crippen LogP contribution in [-0.4, -0.2) is 35.1 Å². The van der Waals surface area contributed by atoms with Crippen molar-refractivity contribution in [3.63, 3.8) is 0 Å². The zero-order valence-electron chi connectivity index (χ0n) is 15.3. The number of carbonyl (C=O) groups is 1. The predicted octanol–water partition coefficient (Wildman–Crippen LogP) is 4.84. The van der Waals surface area contributed by atoms with Crippen molar-refractivity contribution in [1.82, 2.24) is 9.88 Å². The molecule has 3 heterocycles. The van der Waals surface area contributed by atoms with Crippen LogP contribution in [0.1, 0.15) is 0 Å². The van der Waals surface area contributed by atoms with Gasteiger partial charge >= 0.3 is 0 Å². The first-order chi connectivity index (χ1) is 13.6. The minimum absolute atomic E-state index is 0.0200. The van der Waals surface area contributed by atoms with Gasteiger partial charge in [-0.15, -0.1) is 0 Å². The smallest absolute Gasteiger partial charge is 0.269 e. The van der Waals surface area contributed by atoms with Crippen molar-refractivity contribution in [2.75, 3.05) is 19.0 Å². The Labute approximate surface area is 171 Å². The number of pyridine rings is 1. The summed E-state index contributed by atoms with van der Waals surface area (Å²) in [4.78, 5) is 27.6. The molecule has 0 N–H and O–H groups in total. The van der Waals surface area contributed by atoms with Crippen LogP contribution in [0.4, 0.5) is 11.4 Å². The monoisotopic (exact) mass is 404 g/mol. The van der Waals surface area contributed by atoms with Crippen molar-refractivity contribution in [2.45, 2.75) is 4.90 Å². The lowest BCUT2D eigenvalue weighted by Gasteiger charge is -2.14. The van der Waals surface area contributed by atoms with E-state index in [9.17, 15) is 4.79 Å². The molecule has 2 aromatic carbocycles. The number of likely N-dealkylation sites (N-methyl/N-ethyl adjacent to an activating group) is 1. The quantitative estimate of drug-likeness (QED) is 0.543. The van der Waals surface area contributed by atoms with E-state index in [1.54, 1.807) is 29.9 Å². The molecule has 0 unspecified atom stereocenters. The number of hydrogen-bond acceptors (Lipinski definition) is 6. The molecule has 2 aliphatic heterocycles. The highest BCUT2D eigenvalue weighted by Crippen LogP contribution is 2.49. The Morgan fingerprint density at radius 3 is 2.68 bits per heavy atom. The van der Waals surface area contributed by atoms with E-state index >= 15 is 0 Å². The van der Waals surface area contributed by atoms with Gasteiger partial charge in [0.15, 0.2) is 5.17 Å². The van der Waals surface area contributed by atoms with Gasteiger partial charge in [-0.05, 0) is 48.2 Å². The number of carbonyl (C=O) groups excluding carboxylic acids is 1. The van der Waals surface area contributed by atoms with Crippen LogP contribution in [0, 0.1) is 0 Å². The molecule has 0 radical (unpaired) electrons. The van der Waals surface area contributed by atoms with Crippen LogP contribution in [-0.2, 0) is 4.79 Å². The Bertz CT molecular complexity index is 1190. The summed E-state index contributed by atoms with van der Waals surface area (Å²) in [7, 11) is 3.78. The zero-order chi connectivity index (χ0) is 19.3. The lowest BCUT2D eigenvalue weighted by Crippen LogP contribution is -2.24. The molecular weight excluding hydrogens is 388 g/mol. The number of anilines is 1. The lowest BCUT2D eigenvalue weighted by atomic mass is 10.2. The highest BCUT2D eigenvalue weighted by Gasteiger charge is 2.37. The number of fused-ring (bicyclic) bond motifs is 2. The predicted molar refractivity (Wildman–Crippen MR) is 117 cm³/mol. The number of para-hydroxylation sites is 1. The topological polar surface area (TPSA) is 48.8 Å². The average Bonchev–Trinajstić information content (AvgIpc) is 3.19.